The highest BCUT2D eigenvalue weighted by molar-refractivity contribution is 6.30. The zero-order valence-corrected chi connectivity index (χ0v) is 8.12. The third-order valence-corrected chi connectivity index (χ3v) is 2.18. The molecule has 2 aromatic rings. The summed E-state index contributed by atoms with van der Waals surface area (Å²) in [6.07, 6.45) is 3.29. The Morgan fingerprint density at radius 2 is 2.36 bits per heavy atom. The van der Waals surface area contributed by atoms with E-state index in [0.29, 0.717) is 11.6 Å². The maximum absolute atomic E-state index is 11.3. The van der Waals surface area contributed by atoms with Crippen LogP contribution in [0.4, 0.5) is 0 Å². The van der Waals surface area contributed by atoms with Crippen molar-refractivity contribution in [3.05, 3.63) is 39.5 Å². The molecule has 6 heteroatoms. The van der Waals surface area contributed by atoms with Gasteiger partial charge in [0.1, 0.15) is 5.02 Å². The summed E-state index contributed by atoms with van der Waals surface area (Å²) in [5, 5.41) is 4.05. The Labute approximate surface area is 84.4 Å². The lowest BCUT2D eigenvalue weighted by molar-refractivity contribution is 0.794. The van der Waals surface area contributed by atoms with Crippen molar-refractivity contribution in [1.29, 1.82) is 0 Å². The Bertz CT molecular complexity index is 503. The highest BCUT2D eigenvalue weighted by Gasteiger charge is 2.06. The van der Waals surface area contributed by atoms with Crippen LogP contribution in [0.1, 0.15) is 5.69 Å². The summed E-state index contributed by atoms with van der Waals surface area (Å²) in [5.74, 6) is 0.363. The lowest BCUT2D eigenvalue weighted by atomic mass is 10.4. The number of hydrogen-bond acceptors (Lipinski definition) is 3. The Morgan fingerprint density at radius 3 is 2.93 bits per heavy atom. The SMILES string of the molecule is Cc1nc(-n2cccn2)[nH]c(=O)c1Cl. The van der Waals surface area contributed by atoms with Crippen LogP contribution in [0.15, 0.2) is 23.3 Å². The minimum Gasteiger partial charge on any atom is -0.290 e. The maximum Gasteiger partial charge on any atom is 0.271 e. The predicted molar refractivity (Wildman–Crippen MR) is 51.7 cm³/mol. The predicted octanol–water partition coefficient (Wildman–Crippen LogP) is 0.917. The van der Waals surface area contributed by atoms with E-state index in [1.165, 1.54) is 4.68 Å². The molecule has 5 nitrogen and oxygen atoms in total. The molecule has 14 heavy (non-hydrogen) atoms. The average Bonchev–Trinajstić information content (AvgIpc) is 2.66. The molecule has 0 atom stereocenters. The van der Waals surface area contributed by atoms with E-state index in [2.05, 4.69) is 15.1 Å². The van der Waals surface area contributed by atoms with E-state index in [1.54, 1.807) is 25.4 Å². The molecule has 72 valence electrons. The second kappa shape index (κ2) is 3.26. The molecule has 2 heterocycles. The van der Waals surface area contributed by atoms with E-state index < -0.39 is 0 Å². The van der Waals surface area contributed by atoms with Gasteiger partial charge in [0, 0.05) is 12.4 Å². The zero-order chi connectivity index (χ0) is 10.1. The van der Waals surface area contributed by atoms with Gasteiger partial charge in [-0.1, -0.05) is 11.6 Å². The van der Waals surface area contributed by atoms with Gasteiger partial charge in [-0.15, -0.1) is 0 Å². The van der Waals surface area contributed by atoms with Crippen LogP contribution in [-0.2, 0) is 0 Å². The fraction of sp³-hybridized carbons (Fsp3) is 0.125. The van der Waals surface area contributed by atoms with Gasteiger partial charge in [0.05, 0.1) is 5.69 Å². The van der Waals surface area contributed by atoms with Crippen molar-refractivity contribution >= 4 is 11.6 Å². The standard InChI is InChI=1S/C8H7ClN4O/c1-5-6(9)7(14)12-8(11-5)13-4-2-3-10-13/h2-4H,1H3,(H,11,12,14). The van der Waals surface area contributed by atoms with Crippen LogP contribution in [0, 0.1) is 6.92 Å². The number of halogens is 1. The fourth-order valence-electron chi connectivity index (χ4n) is 1.06. The van der Waals surface area contributed by atoms with E-state index in [9.17, 15) is 4.79 Å². The lowest BCUT2D eigenvalue weighted by Gasteiger charge is -2.01. The first-order valence-electron chi connectivity index (χ1n) is 3.95. The summed E-state index contributed by atoms with van der Waals surface area (Å²) >= 11 is 5.68. The van der Waals surface area contributed by atoms with Crippen molar-refractivity contribution < 1.29 is 0 Å². The Balaban J connectivity index is 2.63. The van der Waals surface area contributed by atoms with Gasteiger partial charge in [-0.25, -0.2) is 9.67 Å². The highest BCUT2D eigenvalue weighted by atomic mass is 35.5. The molecular weight excluding hydrogens is 204 g/mol. The van der Waals surface area contributed by atoms with Crippen molar-refractivity contribution in [3.8, 4) is 5.95 Å². The van der Waals surface area contributed by atoms with Gasteiger partial charge in [-0.3, -0.25) is 9.78 Å². The van der Waals surface area contributed by atoms with Crippen LogP contribution in [0.3, 0.4) is 0 Å². The summed E-state index contributed by atoms with van der Waals surface area (Å²) < 4.78 is 1.46. The maximum atomic E-state index is 11.3. The number of aryl methyl sites for hydroxylation is 1. The zero-order valence-electron chi connectivity index (χ0n) is 7.36. The van der Waals surface area contributed by atoms with Crippen LogP contribution < -0.4 is 5.56 Å². The Morgan fingerprint density at radius 1 is 1.57 bits per heavy atom. The lowest BCUT2D eigenvalue weighted by Crippen LogP contribution is -2.15. The van der Waals surface area contributed by atoms with E-state index in [4.69, 9.17) is 11.6 Å². The van der Waals surface area contributed by atoms with E-state index in [1.807, 2.05) is 0 Å². The van der Waals surface area contributed by atoms with Crippen LogP contribution in [0.25, 0.3) is 5.95 Å². The van der Waals surface area contributed by atoms with E-state index in [0.717, 1.165) is 0 Å². The van der Waals surface area contributed by atoms with Gasteiger partial charge in [-0.2, -0.15) is 5.10 Å². The molecule has 0 fully saturated rings. The van der Waals surface area contributed by atoms with Crippen molar-refractivity contribution in [2.75, 3.05) is 0 Å². The molecule has 0 bridgehead atoms. The molecule has 0 saturated heterocycles. The molecular formula is C8H7ClN4O. The number of rotatable bonds is 1. The Hall–Kier alpha value is -1.62. The van der Waals surface area contributed by atoms with Gasteiger partial charge < -0.3 is 0 Å². The largest absolute Gasteiger partial charge is 0.290 e. The first-order valence-corrected chi connectivity index (χ1v) is 4.32. The fourth-order valence-corrected chi connectivity index (χ4v) is 1.15. The quantitative estimate of drug-likeness (QED) is 0.761. The molecule has 0 unspecified atom stereocenters. The van der Waals surface area contributed by atoms with Crippen LogP contribution in [0.5, 0.6) is 0 Å². The minimum absolute atomic E-state index is 0.112. The molecule has 0 amide bonds. The summed E-state index contributed by atoms with van der Waals surface area (Å²) in [6, 6.07) is 1.74. The van der Waals surface area contributed by atoms with Gasteiger partial charge in [0.15, 0.2) is 0 Å². The smallest absolute Gasteiger partial charge is 0.271 e. The van der Waals surface area contributed by atoms with Crippen molar-refractivity contribution in [3.63, 3.8) is 0 Å². The molecule has 0 aromatic carbocycles. The summed E-state index contributed by atoms with van der Waals surface area (Å²) in [6.45, 7) is 1.67. The van der Waals surface area contributed by atoms with Gasteiger partial charge in [0.25, 0.3) is 5.56 Å². The third-order valence-electron chi connectivity index (χ3n) is 1.74. The second-order valence-corrected chi connectivity index (χ2v) is 3.12. The molecule has 0 saturated carbocycles. The molecule has 0 spiro atoms. The first-order chi connectivity index (χ1) is 6.68. The molecule has 0 radical (unpaired) electrons. The van der Waals surface area contributed by atoms with Gasteiger partial charge in [-0.05, 0) is 13.0 Å². The van der Waals surface area contributed by atoms with Crippen molar-refractivity contribution in [2.24, 2.45) is 0 Å². The third kappa shape index (κ3) is 1.42. The second-order valence-electron chi connectivity index (χ2n) is 2.74. The molecule has 0 aliphatic carbocycles. The number of H-pyrrole nitrogens is 1. The van der Waals surface area contributed by atoms with Crippen LogP contribution >= 0.6 is 11.6 Å². The highest BCUT2D eigenvalue weighted by Crippen LogP contribution is 2.06. The van der Waals surface area contributed by atoms with Crippen LogP contribution in [0.2, 0.25) is 5.02 Å². The summed E-state index contributed by atoms with van der Waals surface area (Å²) in [5.41, 5.74) is 0.130. The van der Waals surface area contributed by atoms with Gasteiger partial charge >= 0.3 is 0 Å². The average molecular weight is 211 g/mol. The monoisotopic (exact) mass is 210 g/mol. The van der Waals surface area contributed by atoms with Crippen molar-refractivity contribution in [1.82, 2.24) is 19.7 Å². The number of nitrogens with one attached hydrogen (secondary N) is 1. The number of aromatic amines is 1. The summed E-state index contributed by atoms with van der Waals surface area (Å²) in [7, 11) is 0. The molecule has 2 aromatic heterocycles. The number of nitrogens with zero attached hydrogens (tertiary/aromatic N) is 3. The van der Waals surface area contributed by atoms with Crippen molar-refractivity contribution in [2.45, 2.75) is 6.92 Å². The molecule has 1 N–H and O–H groups in total. The molecule has 0 aliphatic heterocycles. The Kier molecular flexibility index (Phi) is 2.09. The summed E-state index contributed by atoms with van der Waals surface area (Å²) in [4.78, 5) is 17.9. The number of aromatic nitrogens is 4. The number of hydrogen-bond donors (Lipinski definition) is 1. The normalized spacial score (nSPS) is 10.4. The van der Waals surface area contributed by atoms with Gasteiger partial charge in [0.2, 0.25) is 5.95 Å². The molecule has 2 rings (SSSR count). The molecule has 0 aliphatic rings. The van der Waals surface area contributed by atoms with Crippen LogP contribution in [-0.4, -0.2) is 19.7 Å². The first kappa shape index (κ1) is 8.96. The topological polar surface area (TPSA) is 63.6 Å². The minimum atomic E-state index is -0.357. The van der Waals surface area contributed by atoms with E-state index >= 15 is 0 Å². The van der Waals surface area contributed by atoms with E-state index in [-0.39, 0.29) is 10.6 Å².